The summed E-state index contributed by atoms with van der Waals surface area (Å²) < 4.78 is 31.1. The van der Waals surface area contributed by atoms with Crippen molar-refractivity contribution in [2.45, 2.75) is 37.8 Å². The Balaban J connectivity index is 2.16. The summed E-state index contributed by atoms with van der Waals surface area (Å²) in [4.78, 5) is 4.00. The highest BCUT2D eigenvalue weighted by atomic mass is 32.2. The van der Waals surface area contributed by atoms with Gasteiger partial charge in [-0.2, -0.15) is 0 Å². The fraction of sp³-hybridized carbons (Fsp3) is 0.538. The summed E-state index contributed by atoms with van der Waals surface area (Å²) in [5.74, 6) is 0.427. The molecule has 0 aliphatic rings. The Morgan fingerprint density at radius 3 is 2.50 bits per heavy atom. The van der Waals surface area contributed by atoms with Crippen LogP contribution in [-0.4, -0.2) is 40.7 Å². The second-order valence-corrected chi connectivity index (χ2v) is 7.98. The summed E-state index contributed by atoms with van der Waals surface area (Å²) in [6.45, 7) is 5.73. The SMILES string of the molecule is COc1ccc(CS(=O)(=O)Cc2nnnn2C(C)(C)C)cn1. The molecule has 0 N–H and O–H groups in total. The molecular weight excluding hydrogens is 306 g/mol. The number of rotatable bonds is 5. The van der Waals surface area contributed by atoms with Crippen molar-refractivity contribution in [1.29, 1.82) is 0 Å². The van der Waals surface area contributed by atoms with Gasteiger partial charge >= 0.3 is 0 Å². The average Bonchev–Trinajstić information content (AvgIpc) is 2.86. The summed E-state index contributed by atoms with van der Waals surface area (Å²) in [5.41, 5.74) is 0.214. The van der Waals surface area contributed by atoms with Crippen LogP contribution in [-0.2, 0) is 26.9 Å². The third-order valence-electron chi connectivity index (χ3n) is 2.91. The molecule has 2 rings (SSSR count). The number of nitrogens with zero attached hydrogens (tertiary/aromatic N) is 5. The first-order chi connectivity index (χ1) is 10.2. The lowest BCUT2D eigenvalue weighted by molar-refractivity contribution is 0.338. The van der Waals surface area contributed by atoms with Crippen LogP contribution in [0.3, 0.4) is 0 Å². The highest BCUT2D eigenvalue weighted by molar-refractivity contribution is 7.89. The van der Waals surface area contributed by atoms with E-state index in [-0.39, 0.29) is 17.0 Å². The molecule has 0 bridgehead atoms. The van der Waals surface area contributed by atoms with Crippen molar-refractivity contribution in [2.75, 3.05) is 7.11 Å². The average molecular weight is 325 g/mol. The molecule has 8 nitrogen and oxygen atoms in total. The number of aromatic nitrogens is 5. The fourth-order valence-corrected chi connectivity index (χ4v) is 3.29. The van der Waals surface area contributed by atoms with Gasteiger partial charge < -0.3 is 4.74 Å². The monoisotopic (exact) mass is 325 g/mol. The van der Waals surface area contributed by atoms with Crippen LogP contribution in [0.5, 0.6) is 5.88 Å². The van der Waals surface area contributed by atoms with E-state index in [0.717, 1.165) is 0 Å². The Labute approximate surface area is 129 Å². The van der Waals surface area contributed by atoms with Crippen molar-refractivity contribution in [3.8, 4) is 5.88 Å². The predicted molar refractivity (Wildman–Crippen MR) is 79.9 cm³/mol. The van der Waals surface area contributed by atoms with Gasteiger partial charge in [0.15, 0.2) is 15.7 Å². The highest BCUT2D eigenvalue weighted by Crippen LogP contribution is 2.17. The van der Waals surface area contributed by atoms with Crippen LogP contribution < -0.4 is 4.74 Å². The third-order valence-corrected chi connectivity index (χ3v) is 4.38. The molecule has 0 aliphatic carbocycles. The van der Waals surface area contributed by atoms with Gasteiger partial charge in [0.1, 0.15) is 5.75 Å². The van der Waals surface area contributed by atoms with Crippen molar-refractivity contribution in [3.05, 3.63) is 29.7 Å². The minimum absolute atomic E-state index is 0.124. The first-order valence-electron chi connectivity index (χ1n) is 6.68. The van der Waals surface area contributed by atoms with Crippen LogP contribution >= 0.6 is 0 Å². The van der Waals surface area contributed by atoms with Crippen LogP contribution in [0.1, 0.15) is 32.2 Å². The van der Waals surface area contributed by atoms with Crippen LogP contribution in [0, 0.1) is 0 Å². The lowest BCUT2D eigenvalue weighted by Crippen LogP contribution is -2.27. The number of tetrazole rings is 1. The first kappa shape index (κ1) is 16.3. The maximum Gasteiger partial charge on any atom is 0.212 e. The largest absolute Gasteiger partial charge is 0.481 e. The molecule has 0 aromatic carbocycles. The molecule has 2 heterocycles. The molecule has 0 atom stereocenters. The molecule has 0 spiro atoms. The number of hydrogen-bond donors (Lipinski definition) is 0. The number of sulfone groups is 1. The lowest BCUT2D eigenvalue weighted by atomic mass is 10.1. The van der Waals surface area contributed by atoms with Crippen LogP contribution in [0.4, 0.5) is 0 Å². The molecule has 120 valence electrons. The van der Waals surface area contributed by atoms with Gasteiger partial charge in [-0.05, 0) is 36.8 Å². The zero-order chi connectivity index (χ0) is 16.4. The maximum atomic E-state index is 12.3. The molecule has 0 radical (unpaired) electrons. The van der Waals surface area contributed by atoms with Crippen molar-refractivity contribution in [2.24, 2.45) is 0 Å². The van der Waals surface area contributed by atoms with Gasteiger partial charge in [-0.1, -0.05) is 6.07 Å². The van der Waals surface area contributed by atoms with E-state index in [0.29, 0.717) is 17.3 Å². The zero-order valence-corrected chi connectivity index (χ0v) is 13.8. The maximum absolute atomic E-state index is 12.3. The number of hydrogen-bond acceptors (Lipinski definition) is 7. The van der Waals surface area contributed by atoms with Crippen LogP contribution in [0.25, 0.3) is 0 Å². The van der Waals surface area contributed by atoms with Gasteiger partial charge in [-0.15, -0.1) is 5.10 Å². The van der Waals surface area contributed by atoms with E-state index in [9.17, 15) is 8.42 Å². The van der Waals surface area contributed by atoms with Gasteiger partial charge in [-0.25, -0.2) is 18.1 Å². The van der Waals surface area contributed by atoms with E-state index in [1.165, 1.54) is 18.0 Å². The van der Waals surface area contributed by atoms with Gasteiger partial charge in [0.2, 0.25) is 5.88 Å². The smallest absolute Gasteiger partial charge is 0.212 e. The Kier molecular flexibility index (Phi) is 4.45. The molecule has 0 aliphatic heterocycles. The van der Waals surface area contributed by atoms with Gasteiger partial charge in [0.25, 0.3) is 0 Å². The molecule has 22 heavy (non-hydrogen) atoms. The molecule has 0 unspecified atom stereocenters. The Hall–Kier alpha value is -2.03. The van der Waals surface area contributed by atoms with Gasteiger partial charge in [0, 0.05) is 12.3 Å². The normalized spacial score (nSPS) is 12.4. The molecule has 2 aromatic rings. The van der Waals surface area contributed by atoms with Crippen molar-refractivity contribution in [1.82, 2.24) is 25.2 Å². The quantitative estimate of drug-likeness (QED) is 0.806. The second kappa shape index (κ2) is 5.99. The number of methoxy groups -OCH3 is 1. The van der Waals surface area contributed by atoms with E-state index >= 15 is 0 Å². The predicted octanol–water partition coefficient (Wildman–Crippen LogP) is 0.947. The van der Waals surface area contributed by atoms with Crippen LogP contribution in [0.15, 0.2) is 18.3 Å². The molecule has 0 saturated heterocycles. The summed E-state index contributed by atoms with van der Waals surface area (Å²) >= 11 is 0. The Morgan fingerprint density at radius 1 is 1.23 bits per heavy atom. The van der Waals surface area contributed by atoms with E-state index in [1.807, 2.05) is 20.8 Å². The topological polar surface area (TPSA) is 99.9 Å². The Morgan fingerprint density at radius 2 is 1.95 bits per heavy atom. The zero-order valence-electron chi connectivity index (χ0n) is 13.0. The summed E-state index contributed by atoms with van der Waals surface area (Å²) in [5, 5.41) is 11.3. The summed E-state index contributed by atoms with van der Waals surface area (Å²) in [7, 11) is -1.90. The first-order valence-corrected chi connectivity index (χ1v) is 8.50. The minimum atomic E-state index is -3.40. The molecule has 0 saturated carbocycles. The van der Waals surface area contributed by atoms with Crippen molar-refractivity contribution >= 4 is 9.84 Å². The fourth-order valence-electron chi connectivity index (χ4n) is 1.94. The van der Waals surface area contributed by atoms with E-state index < -0.39 is 9.84 Å². The number of ether oxygens (including phenoxy) is 1. The summed E-state index contributed by atoms with van der Waals surface area (Å²) in [6, 6.07) is 3.31. The molecule has 0 amide bonds. The second-order valence-electron chi connectivity index (χ2n) is 5.92. The highest BCUT2D eigenvalue weighted by Gasteiger charge is 2.24. The standard InChI is InChI=1S/C13H19N5O3S/c1-13(2,3)18-11(15-16-17-18)9-22(19,20)8-10-5-6-12(21-4)14-7-10/h5-7H,8-9H2,1-4H3. The van der Waals surface area contributed by atoms with Gasteiger partial charge in [0.05, 0.1) is 18.4 Å². The third kappa shape index (κ3) is 4.00. The molecule has 0 fully saturated rings. The van der Waals surface area contributed by atoms with Gasteiger partial charge in [-0.3, -0.25) is 0 Å². The molecular formula is C13H19N5O3S. The van der Waals surface area contributed by atoms with E-state index in [1.54, 1.807) is 12.1 Å². The van der Waals surface area contributed by atoms with Crippen molar-refractivity contribution in [3.63, 3.8) is 0 Å². The lowest BCUT2D eigenvalue weighted by Gasteiger charge is -2.19. The van der Waals surface area contributed by atoms with Crippen molar-refractivity contribution < 1.29 is 13.2 Å². The summed E-state index contributed by atoms with van der Waals surface area (Å²) in [6.07, 6.45) is 1.49. The molecule has 9 heteroatoms. The van der Waals surface area contributed by atoms with Crippen LogP contribution in [0.2, 0.25) is 0 Å². The minimum Gasteiger partial charge on any atom is -0.481 e. The number of pyridine rings is 1. The van der Waals surface area contributed by atoms with E-state index in [2.05, 4.69) is 20.5 Å². The van der Waals surface area contributed by atoms with E-state index in [4.69, 9.17) is 4.74 Å². The Bertz CT molecular complexity index is 732. The molecule has 2 aromatic heterocycles.